The Balaban J connectivity index is 2.89. The average Bonchev–Trinajstić information content (AvgIpc) is 2.56. The van der Waals surface area contributed by atoms with Gasteiger partial charge in [-0.2, -0.15) is 13.2 Å². The van der Waals surface area contributed by atoms with Crippen LogP contribution in [-0.4, -0.2) is 46.6 Å². The van der Waals surface area contributed by atoms with E-state index in [0.717, 1.165) is 4.90 Å². The highest BCUT2D eigenvalue weighted by Gasteiger charge is 2.51. The van der Waals surface area contributed by atoms with Gasteiger partial charge in [-0.15, -0.1) is 0 Å². The zero-order chi connectivity index (χ0) is 14.9. The molecule has 0 saturated carbocycles. The number of amides is 1. The van der Waals surface area contributed by atoms with E-state index in [4.69, 9.17) is 4.74 Å². The van der Waals surface area contributed by atoms with Crippen molar-refractivity contribution in [1.29, 1.82) is 0 Å². The average molecular weight is 283 g/mol. The molecule has 1 fully saturated rings. The Kier molecular flexibility index (Phi) is 4.39. The minimum atomic E-state index is -4.44. The largest absolute Gasteiger partial charge is 0.444 e. The molecule has 0 aromatic rings. The van der Waals surface area contributed by atoms with Crippen LogP contribution in [0.1, 0.15) is 40.0 Å². The van der Waals surface area contributed by atoms with E-state index in [1.54, 1.807) is 20.8 Å². The van der Waals surface area contributed by atoms with Crippen molar-refractivity contribution < 1.29 is 27.8 Å². The summed E-state index contributed by atoms with van der Waals surface area (Å²) in [5.41, 5.74) is -2.36. The lowest BCUT2D eigenvalue weighted by atomic mass is 9.93. The highest BCUT2D eigenvalue weighted by molar-refractivity contribution is 5.69. The molecule has 1 N–H and O–H groups in total. The van der Waals surface area contributed by atoms with Gasteiger partial charge in [-0.05, 0) is 33.6 Å². The van der Waals surface area contributed by atoms with Crippen LogP contribution in [0, 0.1) is 0 Å². The minimum absolute atomic E-state index is 0.127. The summed E-state index contributed by atoms with van der Waals surface area (Å²) in [4.78, 5) is 13.0. The fourth-order valence-electron chi connectivity index (χ4n) is 2.32. The molecule has 7 heteroatoms. The molecule has 1 atom stereocenters. The van der Waals surface area contributed by atoms with Crippen molar-refractivity contribution in [2.75, 3.05) is 13.2 Å². The lowest BCUT2D eigenvalue weighted by Gasteiger charge is -2.38. The molecule has 112 valence electrons. The number of halogens is 3. The number of ether oxygens (including phenoxy) is 1. The van der Waals surface area contributed by atoms with Crippen LogP contribution in [0.25, 0.3) is 0 Å². The molecule has 0 aromatic heterocycles. The van der Waals surface area contributed by atoms with E-state index in [-0.39, 0.29) is 13.0 Å². The highest BCUT2D eigenvalue weighted by atomic mass is 19.4. The van der Waals surface area contributed by atoms with E-state index in [2.05, 4.69) is 0 Å². The van der Waals surface area contributed by atoms with Gasteiger partial charge in [0, 0.05) is 6.54 Å². The maximum absolute atomic E-state index is 12.6. The number of rotatable bonds is 2. The zero-order valence-electron chi connectivity index (χ0n) is 11.4. The SMILES string of the molecule is CC(C)(C)OC(=O)N1CCCC1(CO)CC(F)(F)F. The Morgan fingerprint density at radius 3 is 2.37 bits per heavy atom. The van der Waals surface area contributed by atoms with E-state index in [1.165, 1.54) is 0 Å². The van der Waals surface area contributed by atoms with Crippen molar-refractivity contribution in [2.24, 2.45) is 0 Å². The van der Waals surface area contributed by atoms with Crippen LogP contribution in [0.3, 0.4) is 0 Å². The van der Waals surface area contributed by atoms with Crippen molar-refractivity contribution in [1.82, 2.24) is 4.90 Å². The van der Waals surface area contributed by atoms with Crippen molar-refractivity contribution in [3.8, 4) is 0 Å². The number of aliphatic hydroxyl groups excluding tert-OH is 1. The van der Waals surface area contributed by atoms with Crippen LogP contribution in [0.4, 0.5) is 18.0 Å². The number of likely N-dealkylation sites (tertiary alicyclic amines) is 1. The molecule has 1 amide bonds. The monoisotopic (exact) mass is 283 g/mol. The van der Waals surface area contributed by atoms with Gasteiger partial charge < -0.3 is 9.84 Å². The standard InChI is InChI=1S/C12H20F3NO3/c1-10(2,3)19-9(18)16-6-4-5-11(16,8-17)7-12(13,14)15/h17H,4-8H2,1-3H3. The molecule has 0 radical (unpaired) electrons. The molecule has 0 aliphatic carbocycles. The van der Waals surface area contributed by atoms with Crippen LogP contribution in [0.2, 0.25) is 0 Å². The molecular weight excluding hydrogens is 263 g/mol. The van der Waals surface area contributed by atoms with Gasteiger partial charge >= 0.3 is 12.3 Å². The molecule has 1 unspecified atom stereocenters. The Morgan fingerprint density at radius 2 is 1.95 bits per heavy atom. The molecule has 19 heavy (non-hydrogen) atoms. The summed E-state index contributed by atoms with van der Waals surface area (Å²) in [5, 5.41) is 9.35. The maximum atomic E-state index is 12.6. The van der Waals surface area contributed by atoms with Crippen LogP contribution < -0.4 is 0 Å². The molecule has 1 aliphatic heterocycles. The Labute approximate surface area is 110 Å². The van der Waals surface area contributed by atoms with E-state index >= 15 is 0 Å². The molecule has 1 heterocycles. The third-order valence-electron chi connectivity index (χ3n) is 3.03. The van der Waals surface area contributed by atoms with E-state index in [0.29, 0.717) is 6.42 Å². The maximum Gasteiger partial charge on any atom is 0.410 e. The fraction of sp³-hybridized carbons (Fsp3) is 0.917. The molecule has 0 aromatic carbocycles. The Morgan fingerprint density at radius 1 is 1.37 bits per heavy atom. The van der Waals surface area contributed by atoms with E-state index in [1.807, 2.05) is 0 Å². The molecule has 1 rings (SSSR count). The first kappa shape index (κ1) is 16.1. The summed E-state index contributed by atoms with van der Waals surface area (Å²) in [6.45, 7) is 4.39. The van der Waals surface area contributed by atoms with Crippen LogP contribution in [0.15, 0.2) is 0 Å². The summed E-state index contributed by atoms with van der Waals surface area (Å²) in [5.74, 6) is 0. The summed E-state index contributed by atoms with van der Waals surface area (Å²) in [6, 6.07) is 0. The summed E-state index contributed by atoms with van der Waals surface area (Å²) >= 11 is 0. The molecule has 0 spiro atoms. The third-order valence-corrected chi connectivity index (χ3v) is 3.03. The first-order valence-corrected chi connectivity index (χ1v) is 6.17. The lowest BCUT2D eigenvalue weighted by molar-refractivity contribution is -0.163. The minimum Gasteiger partial charge on any atom is -0.444 e. The van der Waals surface area contributed by atoms with Gasteiger partial charge in [0.05, 0.1) is 18.6 Å². The van der Waals surface area contributed by atoms with Gasteiger partial charge in [0.25, 0.3) is 0 Å². The summed E-state index contributed by atoms with van der Waals surface area (Å²) in [7, 11) is 0. The number of carbonyl (C=O) groups is 1. The van der Waals surface area contributed by atoms with Gasteiger partial charge in [-0.3, -0.25) is 4.90 Å². The van der Waals surface area contributed by atoms with E-state index < -0.39 is 36.4 Å². The first-order chi connectivity index (χ1) is 8.49. The number of hydrogen-bond donors (Lipinski definition) is 1. The second-order valence-electron chi connectivity index (χ2n) is 5.91. The second-order valence-corrected chi connectivity index (χ2v) is 5.91. The number of alkyl halides is 3. The second kappa shape index (κ2) is 5.19. The topological polar surface area (TPSA) is 49.8 Å². The van der Waals surface area contributed by atoms with Gasteiger partial charge in [-0.1, -0.05) is 0 Å². The van der Waals surface area contributed by atoms with Crippen LogP contribution in [0.5, 0.6) is 0 Å². The number of carbonyl (C=O) groups excluding carboxylic acids is 1. The number of aliphatic hydroxyl groups is 1. The lowest BCUT2D eigenvalue weighted by Crippen LogP contribution is -2.53. The Hall–Kier alpha value is -0.980. The third kappa shape index (κ3) is 4.26. The van der Waals surface area contributed by atoms with Gasteiger partial charge in [0.15, 0.2) is 0 Å². The number of hydrogen-bond acceptors (Lipinski definition) is 3. The number of nitrogens with zero attached hydrogens (tertiary/aromatic N) is 1. The summed E-state index contributed by atoms with van der Waals surface area (Å²) < 4.78 is 43.0. The normalized spacial score (nSPS) is 24.7. The first-order valence-electron chi connectivity index (χ1n) is 6.17. The molecule has 1 saturated heterocycles. The molecule has 0 bridgehead atoms. The molecular formula is C12H20F3NO3. The van der Waals surface area contributed by atoms with Gasteiger partial charge in [0.1, 0.15) is 5.60 Å². The van der Waals surface area contributed by atoms with E-state index in [9.17, 15) is 23.1 Å². The smallest absolute Gasteiger partial charge is 0.410 e. The Bertz CT molecular complexity index is 338. The van der Waals surface area contributed by atoms with Crippen molar-refractivity contribution >= 4 is 6.09 Å². The van der Waals surface area contributed by atoms with Gasteiger partial charge in [-0.25, -0.2) is 4.79 Å². The van der Waals surface area contributed by atoms with Crippen LogP contribution in [-0.2, 0) is 4.74 Å². The van der Waals surface area contributed by atoms with Crippen molar-refractivity contribution in [2.45, 2.75) is 57.3 Å². The summed E-state index contributed by atoms with van der Waals surface area (Å²) in [6.07, 6.45) is -5.90. The highest BCUT2D eigenvalue weighted by Crippen LogP contribution is 2.39. The molecule has 4 nitrogen and oxygen atoms in total. The van der Waals surface area contributed by atoms with Gasteiger partial charge in [0.2, 0.25) is 0 Å². The zero-order valence-corrected chi connectivity index (χ0v) is 11.4. The fourth-order valence-corrected chi connectivity index (χ4v) is 2.32. The van der Waals surface area contributed by atoms with Crippen molar-refractivity contribution in [3.05, 3.63) is 0 Å². The van der Waals surface area contributed by atoms with Crippen LogP contribution >= 0.6 is 0 Å². The molecule has 1 aliphatic rings. The predicted octanol–water partition coefficient (Wildman–Crippen LogP) is 2.70. The van der Waals surface area contributed by atoms with Crippen molar-refractivity contribution in [3.63, 3.8) is 0 Å². The quantitative estimate of drug-likeness (QED) is 0.847. The predicted molar refractivity (Wildman–Crippen MR) is 62.7 cm³/mol.